The number of phenols is 1. The van der Waals surface area contributed by atoms with E-state index in [1.807, 2.05) is 72.8 Å². The topological polar surface area (TPSA) is 198 Å². The molecule has 0 saturated heterocycles. The van der Waals surface area contributed by atoms with Crippen molar-refractivity contribution in [2.75, 3.05) is 14.2 Å². The second kappa shape index (κ2) is 36.3. The number of fused-ring (bicyclic) bond motifs is 11. The van der Waals surface area contributed by atoms with Crippen LogP contribution < -0.4 is 26.0 Å². The van der Waals surface area contributed by atoms with E-state index < -0.39 is 36.1 Å². The number of phenolic OH excluding ortho intramolecular Hbond substituents is 1. The molecule has 0 spiro atoms. The van der Waals surface area contributed by atoms with Gasteiger partial charge in [-0.05, 0) is 153 Å². The van der Waals surface area contributed by atoms with Crippen LogP contribution in [0.2, 0.25) is 5.02 Å². The molecule has 0 radical (unpaired) electrons. The van der Waals surface area contributed by atoms with Crippen LogP contribution in [0.5, 0.6) is 17.2 Å². The van der Waals surface area contributed by atoms with E-state index >= 15 is 0 Å². The van der Waals surface area contributed by atoms with E-state index in [-0.39, 0.29) is 88.4 Å². The van der Waals surface area contributed by atoms with Gasteiger partial charge < -0.3 is 55.4 Å². The number of rotatable bonds is 13. The van der Waals surface area contributed by atoms with E-state index in [0.717, 1.165) is 93.7 Å². The third-order valence-electron chi connectivity index (χ3n) is 14.5. The molecule has 2 fully saturated rings. The van der Waals surface area contributed by atoms with E-state index in [4.69, 9.17) is 25.8 Å². The maximum atomic E-state index is 13.4. The van der Waals surface area contributed by atoms with Gasteiger partial charge >= 0.3 is 31.4 Å². The van der Waals surface area contributed by atoms with Crippen LogP contribution in [0.3, 0.4) is 0 Å². The largest absolute Gasteiger partial charge is 2.00 e. The summed E-state index contributed by atoms with van der Waals surface area (Å²) in [6, 6.07) is 26.2. The molecule has 2 heterocycles. The first-order valence-corrected chi connectivity index (χ1v) is 27.6. The van der Waals surface area contributed by atoms with Crippen LogP contribution >= 0.6 is 11.6 Å². The number of nitrogens with one attached hydrogen (secondary N) is 4. The maximum Gasteiger partial charge on any atom is 2.00 e. The summed E-state index contributed by atoms with van der Waals surface area (Å²) in [5, 5.41) is 22.1. The van der Waals surface area contributed by atoms with Crippen molar-refractivity contribution >= 4 is 47.2 Å². The first-order valence-electron chi connectivity index (χ1n) is 27.3. The Labute approximate surface area is 487 Å². The van der Waals surface area contributed by atoms with Crippen LogP contribution in [0.1, 0.15) is 131 Å². The molecule has 5 aliphatic rings. The van der Waals surface area contributed by atoms with Crippen LogP contribution in [0.4, 0.5) is 0 Å². The van der Waals surface area contributed by atoms with Crippen LogP contribution in [0.25, 0.3) is 0 Å². The molecule has 9 rings (SSSR count). The van der Waals surface area contributed by atoms with Crippen molar-refractivity contribution in [2.24, 2.45) is 11.8 Å². The number of ether oxygens (including phenoxy) is 3. The van der Waals surface area contributed by atoms with Gasteiger partial charge in [-0.1, -0.05) is 111 Å². The normalized spacial score (nSPS) is 18.2. The summed E-state index contributed by atoms with van der Waals surface area (Å²) >= 11 is 5.93. The average molecular weight is 1190 g/mol. The summed E-state index contributed by atoms with van der Waals surface area (Å²) in [5.41, 5.74) is 3.74. The van der Waals surface area contributed by atoms with Crippen LogP contribution in [0.15, 0.2) is 109 Å². The fourth-order valence-corrected chi connectivity index (χ4v) is 10.4. The Morgan fingerprint density at radius 2 is 1.38 bits per heavy atom. The molecule has 2 saturated carbocycles. The van der Waals surface area contributed by atoms with Crippen LogP contribution in [-0.4, -0.2) is 79.1 Å². The number of esters is 2. The summed E-state index contributed by atoms with van der Waals surface area (Å²) in [6.45, 7) is 0. The van der Waals surface area contributed by atoms with E-state index in [1.165, 1.54) is 39.5 Å². The predicted octanol–water partition coefficient (Wildman–Crippen LogP) is 11.0. The first kappa shape index (κ1) is 67.2. The van der Waals surface area contributed by atoms with E-state index in [0.29, 0.717) is 47.8 Å². The smallest absolute Gasteiger partial charge is 0.508 e. The minimum absolute atomic E-state index is 0. The molecular formula is C63H83ClN4O10Ru. The van der Waals surface area contributed by atoms with Gasteiger partial charge in [0.05, 0.1) is 14.2 Å². The molecule has 16 heteroatoms. The minimum Gasteiger partial charge on any atom is -0.508 e. The van der Waals surface area contributed by atoms with Gasteiger partial charge in [0, 0.05) is 30.7 Å². The standard InChI is InChI=1S/C28H35ClN2O5.C28H34N2O5.C5H8.2CH3.Ru/c1-36-28(35)24(18-20-8-5-11-23(32)17-20)30-27(34)26(21-9-3-2-4-10-21)31-25(33)12-6-7-19-13-15-22(29)16-14-19;1-34-28(33)24-18-20-8-5-11-23(17-20)35-22-15-13-19(14-16-22)7-6-12-25(31)30-26(27(32)29-24)21-9-3-2-4-10-21;1-2-4-5-3-1;;;/h5,8,11,13-17,21,24,26,32H,2-4,6-7,9-10,12,18H2,1H3,(H,30,34)(H,31,33);5,8,11,13-17,21,24,26H,2-4,6-7,9-10,12,18H2,1H3,(H,29,32)(H,30,31);1-2H,3-5H2;2*1H3;/q;;;2*-1;+2/t24?,26-;;;;;/m0...../s1. The molecule has 4 aromatic carbocycles. The number of allylic oxidation sites excluding steroid dienone is 2. The predicted molar refractivity (Wildman–Crippen MR) is 307 cm³/mol. The molecule has 4 aromatic rings. The number of hydrogen-bond donors (Lipinski definition) is 5. The summed E-state index contributed by atoms with van der Waals surface area (Å²) in [5.74, 6) is -0.639. The van der Waals surface area contributed by atoms with Gasteiger partial charge in [-0.25, -0.2) is 9.59 Å². The Balaban J connectivity index is 0.000000368. The van der Waals surface area contributed by atoms with Gasteiger partial charge in [0.1, 0.15) is 41.4 Å². The molecule has 5 N–H and O–H groups in total. The number of amides is 4. The van der Waals surface area contributed by atoms with Crippen LogP contribution in [-0.2, 0) is 83.4 Å². The monoisotopic (exact) mass is 1190 g/mol. The molecule has 79 heavy (non-hydrogen) atoms. The molecule has 2 aliphatic heterocycles. The van der Waals surface area contributed by atoms with Crippen molar-refractivity contribution in [3.63, 3.8) is 0 Å². The Kier molecular flexibility index (Phi) is 30.9. The van der Waals surface area contributed by atoms with Gasteiger partial charge in [0.2, 0.25) is 23.6 Å². The molecule has 0 aromatic heterocycles. The van der Waals surface area contributed by atoms with E-state index in [2.05, 4.69) is 33.4 Å². The number of halogens is 1. The zero-order valence-corrected chi connectivity index (χ0v) is 49.1. The van der Waals surface area contributed by atoms with Gasteiger partial charge in [0.25, 0.3) is 0 Å². The molecule has 14 nitrogen and oxygen atoms in total. The van der Waals surface area contributed by atoms with Crippen molar-refractivity contribution in [1.29, 1.82) is 0 Å². The summed E-state index contributed by atoms with van der Waals surface area (Å²) < 4.78 is 15.9. The Bertz CT molecular complexity index is 2530. The maximum absolute atomic E-state index is 13.4. The summed E-state index contributed by atoms with van der Waals surface area (Å²) in [4.78, 5) is 77.5. The molecule has 3 aliphatic carbocycles. The fourth-order valence-electron chi connectivity index (χ4n) is 10.3. The molecule has 4 atom stereocenters. The Morgan fingerprint density at radius 1 is 0.709 bits per heavy atom. The van der Waals surface area contributed by atoms with Crippen molar-refractivity contribution in [2.45, 2.75) is 159 Å². The zero-order chi connectivity index (χ0) is 54.1. The van der Waals surface area contributed by atoms with Crippen molar-refractivity contribution < 1.29 is 67.6 Å². The third kappa shape index (κ3) is 23.3. The molecule has 3 unspecified atom stereocenters. The molecular weight excluding hydrogens is 1110 g/mol. The minimum atomic E-state index is -0.933. The van der Waals surface area contributed by atoms with Crippen molar-refractivity contribution in [3.8, 4) is 17.2 Å². The van der Waals surface area contributed by atoms with E-state index in [1.54, 1.807) is 18.2 Å². The van der Waals surface area contributed by atoms with Crippen LogP contribution in [0, 0.1) is 26.7 Å². The summed E-state index contributed by atoms with van der Waals surface area (Å²) in [6.07, 6.45) is 22.2. The van der Waals surface area contributed by atoms with Gasteiger partial charge in [-0.2, -0.15) is 0 Å². The average Bonchev–Trinajstić information content (AvgIpc) is 4.04. The van der Waals surface area contributed by atoms with Gasteiger partial charge in [0.15, 0.2) is 0 Å². The summed E-state index contributed by atoms with van der Waals surface area (Å²) in [7, 11) is 2.58. The molecule has 4 bridgehead atoms. The molecule has 4 amide bonds. The third-order valence-corrected chi connectivity index (χ3v) is 14.7. The number of aromatic hydroxyl groups is 1. The first-order chi connectivity index (χ1) is 36.9. The van der Waals surface area contributed by atoms with Gasteiger partial charge in [-0.3, -0.25) is 19.2 Å². The fraction of sp³-hybridized carbons (Fsp3) is 0.460. The Morgan fingerprint density at radius 3 is 2.01 bits per heavy atom. The SMILES string of the molecule is C1=CCCC1.COC(=O)C(Cc1cccc(O)c1)NC(=O)[C@@H](NC(=O)CCCc1ccc(Cl)cc1)C1CCCCC1.COC(=O)C1Cc2cccc(c2)Oc2ccc(cc2)CCCC(=O)NC(C2CCCCC2)C(=O)N1.[CH3-].[CH3-].[Ru+2]. The second-order valence-corrected chi connectivity index (χ2v) is 20.7. The van der Waals surface area contributed by atoms with Crippen molar-refractivity contribution in [3.05, 3.63) is 151 Å². The number of aryl methyl sites for hydroxylation is 2. The van der Waals surface area contributed by atoms with E-state index in [9.17, 15) is 33.9 Å². The van der Waals surface area contributed by atoms with Crippen molar-refractivity contribution in [1.82, 2.24) is 21.3 Å². The molecule has 430 valence electrons. The van der Waals surface area contributed by atoms with Gasteiger partial charge in [-0.15, -0.1) is 0 Å². The number of carbonyl (C=O) groups excluding carboxylic acids is 6. The second-order valence-electron chi connectivity index (χ2n) is 20.3. The number of hydrogen-bond acceptors (Lipinski definition) is 10. The Hall–Kier alpha value is -6.05. The number of benzene rings is 4. The zero-order valence-electron chi connectivity index (χ0n) is 46.6. The quantitative estimate of drug-likeness (QED) is 0.0372. The number of carbonyl (C=O) groups is 6. The number of methoxy groups -OCH3 is 2.